The normalized spacial score (nSPS) is 10.2. The Hall–Kier alpha value is -2.41. The fraction of sp³-hybridized carbons (Fsp3) is 0.214. The van der Waals surface area contributed by atoms with Crippen molar-refractivity contribution < 1.29 is 14.3 Å². The summed E-state index contributed by atoms with van der Waals surface area (Å²) in [5, 5.41) is 3.06. The van der Waals surface area contributed by atoms with Gasteiger partial charge in [-0.05, 0) is 32.0 Å². The summed E-state index contributed by atoms with van der Waals surface area (Å²) < 4.78 is 4.92. The Morgan fingerprint density at radius 2 is 2.19 bits per heavy atom. The van der Waals surface area contributed by atoms with E-state index in [-0.39, 0.29) is 5.91 Å². The van der Waals surface area contributed by atoms with E-state index in [2.05, 4.69) is 10.3 Å². The zero-order valence-corrected chi connectivity index (χ0v) is 12.5. The van der Waals surface area contributed by atoms with Crippen molar-refractivity contribution in [3.63, 3.8) is 0 Å². The number of thiazole rings is 1. The van der Waals surface area contributed by atoms with E-state index in [9.17, 15) is 9.59 Å². The van der Waals surface area contributed by atoms with Crippen LogP contribution < -0.4 is 11.1 Å². The summed E-state index contributed by atoms with van der Waals surface area (Å²) in [4.78, 5) is 28.3. The number of carbonyl (C=O) groups excluding carboxylic acids is 2. The molecule has 1 aromatic heterocycles. The summed E-state index contributed by atoms with van der Waals surface area (Å²) in [6.07, 6.45) is 0. The molecule has 0 fully saturated rings. The number of nitrogens with one attached hydrogen (secondary N) is 1. The molecule has 3 N–H and O–H groups in total. The van der Waals surface area contributed by atoms with E-state index >= 15 is 0 Å². The van der Waals surface area contributed by atoms with Crippen LogP contribution in [0.3, 0.4) is 0 Å². The fourth-order valence-electron chi connectivity index (χ4n) is 1.75. The SMILES string of the molecule is CCOC(=O)c1cccc(NC(=O)c2sc(N)nc2C)c1. The van der Waals surface area contributed by atoms with Gasteiger partial charge in [-0.3, -0.25) is 4.79 Å². The fourth-order valence-corrected chi connectivity index (χ4v) is 2.48. The van der Waals surface area contributed by atoms with Gasteiger partial charge < -0.3 is 15.8 Å². The molecule has 0 aliphatic heterocycles. The predicted molar refractivity (Wildman–Crippen MR) is 81.6 cm³/mol. The summed E-state index contributed by atoms with van der Waals surface area (Å²) in [5.74, 6) is -0.727. The number of hydrogen-bond donors (Lipinski definition) is 2. The molecule has 0 radical (unpaired) electrons. The van der Waals surface area contributed by atoms with Gasteiger partial charge in [0.1, 0.15) is 4.88 Å². The highest BCUT2D eigenvalue weighted by atomic mass is 32.1. The standard InChI is InChI=1S/C14H15N3O3S/c1-3-20-13(19)9-5-4-6-10(7-9)17-12(18)11-8(2)16-14(15)21-11/h4-7H,3H2,1-2H3,(H2,15,16)(H,17,18). The number of esters is 1. The van der Waals surface area contributed by atoms with Gasteiger partial charge in [-0.1, -0.05) is 17.4 Å². The maximum atomic E-state index is 12.1. The van der Waals surface area contributed by atoms with Crippen LogP contribution in [0.2, 0.25) is 0 Å². The maximum Gasteiger partial charge on any atom is 0.338 e. The zero-order chi connectivity index (χ0) is 15.4. The van der Waals surface area contributed by atoms with Gasteiger partial charge >= 0.3 is 5.97 Å². The average Bonchev–Trinajstić information content (AvgIpc) is 2.78. The molecule has 0 atom stereocenters. The predicted octanol–water partition coefficient (Wildman–Crippen LogP) is 2.46. The Kier molecular flexibility index (Phi) is 4.54. The van der Waals surface area contributed by atoms with E-state index in [0.29, 0.717) is 33.6 Å². The highest BCUT2D eigenvalue weighted by Gasteiger charge is 2.15. The number of ether oxygens (including phenoxy) is 1. The molecule has 2 rings (SSSR count). The van der Waals surface area contributed by atoms with Crippen molar-refractivity contribution >= 4 is 34.0 Å². The second kappa shape index (κ2) is 6.36. The maximum absolute atomic E-state index is 12.1. The Morgan fingerprint density at radius 3 is 2.81 bits per heavy atom. The van der Waals surface area contributed by atoms with E-state index in [1.54, 1.807) is 38.1 Å². The van der Waals surface area contributed by atoms with Crippen molar-refractivity contribution in [2.24, 2.45) is 0 Å². The van der Waals surface area contributed by atoms with Crippen LogP contribution in [0.1, 0.15) is 32.6 Å². The van der Waals surface area contributed by atoms with Gasteiger partial charge in [0.25, 0.3) is 5.91 Å². The van der Waals surface area contributed by atoms with Gasteiger partial charge in [0.15, 0.2) is 5.13 Å². The third kappa shape index (κ3) is 3.57. The minimum absolute atomic E-state index is 0.300. The van der Waals surface area contributed by atoms with E-state index in [4.69, 9.17) is 10.5 Å². The first-order chi connectivity index (χ1) is 10.0. The Balaban J connectivity index is 2.16. The molecule has 2 aromatic rings. The van der Waals surface area contributed by atoms with Crippen molar-refractivity contribution in [2.75, 3.05) is 17.7 Å². The van der Waals surface area contributed by atoms with Crippen molar-refractivity contribution in [1.82, 2.24) is 4.98 Å². The summed E-state index contributed by atoms with van der Waals surface area (Å²) in [6, 6.07) is 6.56. The van der Waals surface area contributed by atoms with Crippen molar-refractivity contribution in [3.05, 3.63) is 40.4 Å². The first-order valence-electron chi connectivity index (χ1n) is 6.32. The second-order valence-electron chi connectivity index (χ2n) is 4.22. The molecule has 1 heterocycles. The summed E-state index contributed by atoms with van der Waals surface area (Å²) in [5.41, 5.74) is 7.05. The Bertz CT molecular complexity index is 682. The van der Waals surface area contributed by atoms with Crippen LogP contribution in [-0.4, -0.2) is 23.5 Å². The lowest BCUT2D eigenvalue weighted by molar-refractivity contribution is 0.0526. The van der Waals surface area contributed by atoms with Crippen LogP contribution in [0, 0.1) is 6.92 Å². The number of benzene rings is 1. The minimum Gasteiger partial charge on any atom is -0.462 e. The Labute approximate surface area is 125 Å². The molecular weight excluding hydrogens is 290 g/mol. The van der Waals surface area contributed by atoms with E-state index in [1.807, 2.05) is 0 Å². The molecule has 0 spiro atoms. The van der Waals surface area contributed by atoms with Gasteiger partial charge in [0.2, 0.25) is 0 Å². The molecule has 0 saturated carbocycles. The van der Waals surface area contributed by atoms with Crippen LogP contribution in [0.4, 0.5) is 10.8 Å². The van der Waals surface area contributed by atoms with Crippen LogP contribution >= 0.6 is 11.3 Å². The van der Waals surface area contributed by atoms with Gasteiger partial charge in [-0.15, -0.1) is 0 Å². The van der Waals surface area contributed by atoms with Crippen LogP contribution in [0.25, 0.3) is 0 Å². The molecule has 1 amide bonds. The number of nitrogens with zero attached hydrogens (tertiary/aromatic N) is 1. The van der Waals surface area contributed by atoms with Crippen molar-refractivity contribution in [1.29, 1.82) is 0 Å². The molecule has 6 nitrogen and oxygen atoms in total. The minimum atomic E-state index is -0.424. The van der Waals surface area contributed by atoms with Crippen LogP contribution in [0.15, 0.2) is 24.3 Å². The van der Waals surface area contributed by atoms with Crippen LogP contribution in [0.5, 0.6) is 0 Å². The summed E-state index contributed by atoms with van der Waals surface area (Å²) in [7, 11) is 0. The molecular formula is C14H15N3O3S. The smallest absolute Gasteiger partial charge is 0.338 e. The lowest BCUT2D eigenvalue weighted by Gasteiger charge is -2.06. The van der Waals surface area contributed by atoms with Crippen molar-refractivity contribution in [2.45, 2.75) is 13.8 Å². The lowest BCUT2D eigenvalue weighted by Crippen LogP contribution is -2.12. The molecule has 0 saturated heterocycles. The van der Waals surface area contributed by atoms with Gasteiger partial charge in [0.05, 0.1) is 17.9 Å². The lowest BCUT2D eigenvalue weighted by atomic mass is 10.2. The van der Waals surface area contributed by atoms with E-state index in [0.717, 1.165) is 11.3 Å². The van der Waals surface area contributed by atoms with E-state index in [1.165, 1.54) is 0 Å². The highest BCUT2D eigenvalue weighted by Crippen LogP contribution is 2.21. The molecule has 0 unspecified atom stereocenters. The molecule has 110 valence electrons. The zero-order valence-electron chi connectivity index (χ0n) is 11.7. The van der Waals surface area contributed by atoms with Crippen LogP contribution in [-0.2, 0) is 4.74 Å². The number of amides is 1. The van der Waals surface area contributed by atoms with Gasteiger partial charge in [-0.2, -0.15) is 0 Å². The highest BCUT2D eigenvalue weighted by molar-refractivity contribution is 7.17. The monoisotopic (exact) mass is 305 g/mol. The molecule has 1 aromatic carbocycles. The molecule has 21 heavy (non-hydrogen) atoms. The molecule has 0 aliphatic carbocycles. The topological polar surface area (TPSA) is 94.3 Å². The Morgan fingerprint density at radius 1 is 1.43 bits per heavy atom. The number of aromatic nitrogens is 1. The first-order valence-corrected chi connectivity index (χ1v) is 7.14. The largest absolute Gasteiger partial charge is 0.462 e. The number of rotatable bonds is 4. The number of hydrogen-bond acceptors (Lipinski definition) is 6. The average molecular weight is 305 g/mol. The molecule has 0 aliphatic rings. The molecule has 7 heteroatoms. The number of nitrogens with two attached hydrogens (primary N) is 1. The quantitative estimate of drug-likeness (QED) is 0.846. The van der Waals surface area contributed by atoms with Gasteiger partial charge in [-0.25, -0.2) is 9.78 Å². The van der Waals surface area contributed by atoms with Gasteiger partial charge in [0, 0.05) is 5.69 Å². The summed E-state index contributed by atoms with van der Waals surface area (Å²) in [6.45, 7) is 3.76. The number of carbonyl (C=O) groups is 2. The third-order valence-electron chi connectivity index (χ3n) is 2.65. The third-order valence-corrected chi connectivity index (χ3v) is 3.64. The first kappa shape index (κ1) is 15.0. The molecule has 0 bridgehead atoms. The summed E-state index contributed by atoms with van der Waals surface area (Å²) >= 11 is 1.12. The van der Waals surface area contributed by atoms with E-state index < -0.39 is 5.97 Å². The van der Waals surface area contributed by atoms with Crippen molar-refractivity contribution in [3.8, 4) is 0 Å². The number of aryl methyl sites for hydroxylation is 1. The second-order valence-corrected chi connectivity index (χ2v) is 5.25. The number of nitrogen functional groups attached to an aromatic ring is 1. The number of anilines is 2.